The highest BCUT2D eigenvalue weighted by atomic mass is 16.5. The normalized spacial score (nSPS) is 10.7. The lowest BCUT2D eigenvalue weighted by atomic mass is 10.1. The maximum absolute atomic E-state index is 12.5. The zero-order chi connectivity index (χ0) is 23.0. The van der Waals surface area contributed by atoms with Gasteiger partial charge in [-0.1, -0.05) is 48.5 Å². The summed E-state index contributed by atoms with van der Waals surface area (Å²) in [6.07, 6.45) is 1.05. The standard InChI is InChI=1S/C27H26N2O4/c1-29(16-7-17-32-23-9-3-2-4-10-23)26(30)18-20-12-14-22(15-13-20)28-27(31)25-19-21-8-5-6-11-24(21)33-25/h2-6,8-15,19H,7,16-18H2,1H3,(H,28,31). The van der Waals surface area contributed by atoms with E-state index in [9.17, 15) is 9.59 Å². The van der Waals surface area contributed by atoms with Crippen LogP contribution in [0.3, 0.4) is 0 Å². The van der Waals surface area contributed by atoms with E-state index in [0.717, 1.165) is 23.1 Å². The molecule has 1 aromatic heterocycles. The molecule has 1 N–H and O–H groups in total. The Morgan fingerprint density at radius 2 is 1.67 bits per heavy atom. The second-order valence-corrected chi connectivity index (χ2v) is 7.81. The summed E-state index contributed by atoms with van der Waals surface area (Å²) in [5.41, 5.74) is 2.20. The van der Waals surface area contributed by atoms with Crippen LogP contribution in [0.2, 0.25) is 0 Å². The van der Waals surface area contributed by atoms with Gasteiger partial charge in [0.25, 0.3) is 5.91 Å². The first kappa shape index (κ1) is 22.1. The first-order valence-corrected chi connectivity index (χ1v) is 10.9. The number of furan rings is 1. The first-order chi connectivity index (χ1) is 16.1. The van der Waals surface area contributed by atoms with Crippen LogP contribution in [0.4, 0.5) is 5.69 Å². The number of hydrogen-bond acceptors (Lipinski definition) is 4. The topological polar surface area (TPSA) is 71.8 Å². The summed E-state index contributed by atoms with van der Waals surface area (Å²) in [6, 6.07) is 26.1. The van der Waals surface area contributed by atoms with Crippen LogP contribution < -0.4 is 10.1 Å². The SMILES string of the molecule is CN(CCCOc1ccccc1)C(=O)Cc1ccc(NC(=O)c2cc3ccccc3o2)cc1. The number of hydrogen-bond donors (Lipinski definition) is 1. The predicted molar refractivity (Wildman–Crippen MR) is 129 cm³/mol. The number of benzene rings is 3. The molecule has 0 atom stereocenters. The van der Waals surface area contributed by atoms with Gasteiger partial charge in [0.15, 0.2) is 5.76 Å². The van der Waals surface area contributed by atoms with Crippen LogP contribution in [0.5, 0.6) is 5.75 Å². The molecule has 0 saturated carbocycles. The Morgan fingerprint density at radius 3 is 2.42 bits per heavy atom. The number of likely N-dealkylation sites (N-methyl/N-ethyl adjacent to an activating group) is 1. The number of rotatable bonds is 9. The van der Waals surface area contributed by atoms with E-state index in [1.165, 1.54) is 0 Å². The summed E-state index contributed by atoms with van der Waals surface area (Å²) in [4.78, 5) is 26.7. The fourth-order valence-corrected chi connectivity index (χ4v) is 3.44. The Balaban J connectivity index is 1.23. The molecule has 6 heteroatoms. The number of ether oxygens (including phenoxy) is 1. The Morgan fingerprint density at radius 1 is 0.939 bits per heavy atom. The average molecular weight is 443 g/mol. The number of anilines is 1. The van der Waals surface area contributed by atoms with E-state index in [4.69, 9.17) is 9.15 Å². The molecule has 33 heavy (non-hydrogen) atoms. The molecule has 4 aromatic rings. The number of carbonyl (C=O) groups excluding carboxylic acids is 2. The van der Waals surface area contributed by atoms with Crippen molar-refractivity contribution in [3.8, 4) is 5.75 Å². The van der Waals surface area contributed by atoms with E-state index in [1.807, 2.05) is 66.7 Å². The summed E-state index contributed by atoms with van der Waals surface area (Å²) in [5, 5.41) is 3.71. The molecule has 0 bridgehead atoms. The molecule has 168 valence electrons. The maximum Gasteiger partial charge on any atom is 0.291 e. The van der Waals surface area contributed by atoms with E-state index >= 15 is 0 Å². The quantitative estimate of drug-likeness (QED) is 0.364. The highest BCUT2D eigenvalue weighted by Gasteiger charge is 2.13. The van der Waals surface area contributed by atoms with E-state index in [-0.39, 0.29) is 17.6 Å². The number of para-hydroxylation sites is 2. The smallest absolute Gasteiger partial charge is 0.291 e. The minimum absolute atomic E-state index is 0.0359. The lowest BCUT2D eigenvalue weighted by molar-refractivity contribution is -0.129. The zero-order valence-electron chi connectivity index (χ0n) is 18.5. The summed E-state index contributed by atoms with van der Waals surface area (Å²) in [5.74, 6) is 0.813. The molecule has 0 aliphatic rings. The summed E-state index contributed by atoms with van der Waals surface area (Å²) in [6.45, 7) is 1.18. The number of amides is 2. The highest BCUT2D eigenvalue weighted by Crippen LogP contribution is 2.20. The molecule has 2 amide bonds. The van der Waals surface area contributed by atoms with Gasteiger partial charge >= 0.3 is 0 Å². The molecule has 1 heterocycles. The Labute approximate surface area is 192 Å². The van der Waals surface area contributed by atoms with Crippen molar-refractivity contribution in [2.24, 2.45) is 0 Å². The van der Waals surface area contributed by atoms with E-state index in [2.05, 4.69) is 5.32 Å². The van der Waals surface area contributed by atoms with Crippen molar-refractivity contribution < 1.29 is 18.7 Å². The van der Waals surface area contributed by atoms with Crippen LogP contribution in [-0.2, 0) is 11.2 Å². The molecular formula is C27H26N2O4. The minimum atomic E-state index is -0.313. The zero-order valence-corrected chi connectivity index (χ0v) is 18.5. The third-order valence-electron chi connectivity index (χ3n) is 5.29. The molecule has 0 unspecified atom stereocenters. The average Bonchev–Trinajstić information content (AvgIpc) is 3.28. The number of nitrogens with one attached hydrogen (secondary N) is 1. The van der Waals surface area contributed by atoms with Crippen molar-refractivity contribution in [3.05, 3.63) is 96.3 Å². The summed E-state index contributed by atoms with van der Waals surface area (Å²) >= 11 is 0. The van der Waals surface area contributed by atoms with Crippen molar-refractivity contribution in [2.45, 2.75) is 12.8 Å². The predicted octanol–water partition coefficient (Wildman–Crippen LogP) is 5.16. The fraction of sp³-hybridized carbons (Fsp3) is 0.185. The van der Waals surface area contributed by atoms with Crippen LogP contribution in [0.15, 0.2) is 89.3 Å². The van der Waals surface area contributed by atoms with E-state index < -0.39 is 0 Å². The number of carbonyl (C=O) groups is 2. The lowest BCUT2D eigenvalue weighted by Crippen LogP contribution is -2.30. The third-order valence-corrected chi connectivity index (χ3v) is 5.29. The largest absolute Gasteiger partial charge is 0.494 e. The van der Waals surface area contributed by atoms with Crippen LogP contribution >= 0.6 is 0 Å². The van der Waals surface area contributed by atoms with Gasteiger partial charge in [0.05, 0.1) is 13.0 Å². The maximum atomic E-state index is 12.5. The van der Waals surface area contributed by atoms with Crippen molar-refractivity contribution in [2.75, 3.05) is 25.5 Å². The van der Waals surface area contributed by atoms with Gasteiger partial charge in [0.1, 0.15) is 11.3 Å². The third kappa shape index (κ3) is 6.01. The van der Waals surface area contributed by atoms with Crippen LogP contribution in [0, 0.1) is 0 Å². The molecule has 0 fully saturated rings. The lowest BCUT2D eigenvalue weighted by Gasteiger charge is -2.17. The van der Waals surface area contributed by atoms with Crippen molar-refractivity contribution in [1.82, 2.24) is 4.90 Å². The Kier molecular flexibility index (Phi) is 7.05. The van der Waals surface area contributed by atoms with Crippen molar-refractivity contribution in [3.63, 3.8) is 0 Å². The van der Waals surface area contributed by atoms with Crippen LogP contribution in [-0.4, -0.2) is 36.9 Å². The summed E-state index contributed by atoms with van der Waals surface area (Å²) < 4.78 is 11.3. The highest BCUT2D eigenvalue weighted by molar-refractivity contribution is 6.04. The van der Waals surface area contributed by atoms with Crippen LogP contribution in [0.25, 0.3) is 11.0 Å². The Bertz CT molecular complexity index is 1180. The van der Waals surface area contributed by atoms with E-state index in [0.29, 0.717) is 30.8 Å². The number of nitrogens with zero attached hydrogens (tertiary/aromatic N) is 1. The molecule has 0 aliphatic heterocycles. The molecule has 4 rings (SSSR count). The van der Waals surface area contributed by atoms with Gasteiger partial charge < -0.3 is 19.4 Å². The van der Waals surface area contributed by atoms with Gasteiger partial charge in [-0.05, 0) is 48.4 Å². The van der Waals surface area contributed by atoms with Gasteiger partial charge in [0.2, 0.25) is 5.91 Å². The molecule has 0 spiro atoms. The first-order valence-electron chi connectivity index (χ1n) is 10.9. The fourth-order valence-electron chi connectivity index (χ4n) is 3.44. The van der Waals surface area contributed by atoms with Gasteiger partial charge in [-0.15, -0.1) is 0 Å². The molecule has 0 saturated heterocycles. The molecule has 6 nitrogen and oxygen atoms in total. The van der Waals surface area contributed by atoms with Crippen LogP contribution in [0.1, 0.15) is 22.5 Å². The molecular weight excluding hydrogens is 416 g/mol. The second-order valence-electron chi connectivity index (χ2n) is 7.81. The van der Waals surface area contributed by atoms with Gasteiger partial charge in [-0.25, -0.2) is 0 Å². The molecule has 0 radical (unpaired) electrons. The monoisotopic (exact) mass is 442 g/mol. The van der Waals surface area contributed by atoms with Gasteiger partial charge in [0, 0.05) is 24.7 Å². The van der Waals surface area contributed by atoms with Crippen molar-refractivity contribution in [1.29, 1.82) is 0 Å². The molecule has 3 aromatic carbocycles. The number of fused-ring (bicyclic) bond motifs is 1. The Hall–Kier alpha value is -4.06. The van der Waals surface area contributed by atoms with Gasteiger partial charge in [-0.3, -0.25) is 9.59 Å². The van der Waals surface area contributed by atoms with Crippen molar-refractivity contribution >= 4 is 28.5 Å². The summed E-state index contributed by atoms with van der Waals surface area (Å²) in [7, 11) is 1.80. The van der Waals surface area contributed by atoms with Gasteiger partial charge in [-0.2, -0.15) is 0 Å². The molecule has 0 aliphatic carbocycles. The second kappa shape index (κ2) is 10.5. The van der Waals surface area contributed by atoms with E-state index in [1.54, 1.807) is 30.1 Å². The minimum Gasteiger partial charge on any atom is -0.494 e.